The number of benzene rings is 3. The van der Waals surface area contributed by atoms with Crippen molar-refractivity contribution >= 4 is 40.9 Å². The van der Waals surface area contributed by atoms with Crippen LogP contribution in [0, 0.1) is 6.92 Å². The molecule has 3 aromatic carbocycles. The van der Waals surface area contributed by atoms with E-state index in [9.17, 15) is 9.59 Å². The Balaban J connectivity index is 1.48. The SMILES string of the molecule is Cc1snc(-c2ccc(-c3ccc(CC(=O)O)cc3)cc2)c1NC(=O)O[C@H](C)c1ccccc1Cl. The molecule has 1 heterocycles. The maximum absolute atomic E-state index is 12.6. The molecule has 0 saturated carbocycles. The fraction of sp³-hybridized carbons (Fsp3) is 0.148. The Bertz CT molecular complexity index is 1350. The number of ether oxygens (including phenoxy) is 1. The molecule has 1 amide bonds. The standard InChI is InChI=1S/C27H23ClN2O4S/c1-16(22-5-3-4-6-23(22)28)34-27(33)29-25-17(2)35-30-26(25)21-13-11-20(12-14-21)19-9-7-18(8-10-19)15-24(31)32/h3-14,16H,15H2,1-2H3,(H,29,33)(H,31,32)/t16-/m1/s1. The number of nitrogens with one attached hydrogen (secondary N) is 1. The lowest BCUT2D eigenvalue weighted by atomic mass is 10.0. The number of aliphatic carboxylic acids is 1. The van der Waals surface area contributed by atoms with Crippen molar-refractivity contribution in [1.29, 1.82) is 0 Å². The van der Waals surface area contributed by atoms with Crippen molar-refractivity contribution in [3.05, 3.63) is 93.8 Å². The van der Waals surface area contributed by atoms with Gasteiger partial charge in [-0.3, -0.25) is 10.1 Å². The molecule has 0 aliphatic carbocycles. The summed E-state index contributed by atoms with van der Waals surface area (Å²) >= 11 is 7.52. The molecule has 2 N–H and O–H groups in total. The highest BCUT2D eigenvalue weighted by molar-refractivity contribution is 7.06. The first kappa shape index (κ1) is 24.4. The van der Waals surface area contributed by atoms with Crippen LogP contribution in [0.2, 0.25) is 5.02 Å². The highest BCUT2D eigenvalue weighted by Crippen LogP contribution is 2.34. The number of amides is 1. The zero-order chi connectivity index (χ0) is 24.9. The number of nitrogens with zero attached hydrogens (tertiary/aromatic N) is 1. The molecular formula is C27H23ClN2O4S. The van der Waals surface area contributed by atoms with Crippen molar-refractivity contribution in [3.63, 3.8) is 0 Å². The number of hydrogen-bond acceptors (Lipinski definition) is 5. The van der Waals surface area contributed by atoms with Crippen molar-refractivity contribution in [2.24, 2.45) is 0 Å². The van der Waals surface area contributed by atoms with E-state index in [0.29, 0.717) is 16.4 Å². The molecule has 1 aromatic heterocycles. The summed E-state index contributed by atoms with van der Waals surface area (Å²) in [6.07, 6.45) is -1.10. The Kier molecular flexibility index (Phi) is 7.48. The zero-order valence-corrected chi connectivity index (χ0v) is 20.7. The minimum Gasteiger partial charge on any atom is -0.481 e. The molecule has 0 saturated heterocycles. The van der Waals surface area contributed by atoms with E-state index in [1.54, 1.807) is 13.0 Å². The van der Waals surface area contributed by atoms with Gasteiger partial charge in [0.2, 0.25) is 0 Å². The van der Waals surface area contributed by atoms with E-state index in [0.717, 1.165) is 32.7 Å². The number of rotatable bonds is 7. The first-order chi connectivity index (χ1) is 16.8. The Morgan fingerprint density at radius 2 is 1.60 bits per heavy atom. The van der Waals surface area contributed by atoms with Crippen LogP contribution in [0.5, 0.6) is 0 Å². The smallest absolute Gasteiger partial charge is 0.412 e. The first-order valence-corrected chi connectivity index (χ1v) is 12.1. The topological polar surface area (TPSA) is 88.5 Å². The van der Waals surface area contributed by atoms with Gasteiger partial charge in [0.05, 0.1) is 12.1 Å². The fourth-order valence-electron chi connectivity index (χ4n) is 3.69. The third kappa shape index (κ3) is 5.88. The Morgan fingerprint density at radius 1 is 1.00 bits per heavy atom. The average Bonchev–Trinajstić information content (AvgIpc) is 3.19. The van der Waals surface area contributed by atoms with Gasteiger partial charge in [0, 0.05) is 21.0 Å². The molecule has 4 rings (SSSR count). The number of carbonyl (C=O) groups excluding carboxylic acids is 1. The summed E-state index contributed by atoms with van der Waals surface area (Å²) in [5.74, 6) is -0.854. The first-order valence-electron chi connectivity index (χ1n) is 10.9. The lowest BCUT2D eigenvalue weighted by Crippen LogP contribution is -2.16. The molecule has 1 atom stereocenters. The largest absolute Gasteiger partial charge is 0.481 e. The van der Waals surface area contributed by atoms with Crippen LogP contribution >= 0.6 is 23.1 Å². The summed E-state index contributed by atoms with van der Waals surface area (Å²) in [6, 6.07) is 22.5. The normalized spacial score (nSPS) is 11.6. The Labute approximate surface area is 212 Å². The Hall–Kier alpha value is -3.68. The summed E-state index contributed by atoms with van der Waals surface area (Å²) in [4.78, 5) is 24.4. The van der Waals surface area contributed by atoms with E-state index < -0.39 is 18.2 Å². The molecule has 0 bridgehead atoms. The van der Waals surface area contributed by atoms with Crippen LogP contribution in [0.15, 0.2) is 72.8 Å². The molecule has 0 aliphatic rings. The van der Waals surface area contributed by atoms with Gasteiger partial charge < -0.3 is 9.84 Å². The monoisotopic (exact) mass is 506 g/mol. The molecule has 35 heavy (non-hydrogen) atoms. The van der Waals surface area contributed by atoms with Crippen LogP contribution in [0.3, 0.4) is 0 Å². The Morgan fingerprint density at radius 3 is 2.23 bits per heavy atom. The molecule has 8 heteroatoms. The number of aromatic nitrogens is 1. The predicted octanol–water partition coefficient (Wildman–Crippen LogP) is 7.38. The number of aryl methyl sites for hydroxylation is 1. The third-order valence-corrected chi connectivity index (χ3v) is 6.61. The number of anilines is 1. The van der Waals surface area contributed by atoms with Crippen molar-refractivity contribution in [2.45, 2.75) is 26.4 Å². The van der Waals surface area contributed by atoms with E-state index in [1.807, 2.05) is 73.7 Å². The minimum absolute atomic E-state index is 0.00221. The summed E-state index contributed by atoms with van der Waals surface area (Å²) in [6.45, 7) is 3.66. The van der Waals surface area contributed by atoms with Crippen LogP contribution < -0.4 is 5.32 Å². The quantitative estimate of drug-likeness (QED) is 0.273. The molecule has 6 nitrogen and oxygen atoms in total. The van der Waals surface area contributed by atoms with Gasteiger partial charge in [-0.15, -0.1) is 0 Å². The van der Waals surface area contributed by atoms with Crippen LogP contribution in [0.4, 0.5) is 10.5 Å². The van der Waals surface area contributed by atoms with Crippen molar-refractivity contribution < 1.29 is 19.4 Å². The third-order valence-electron chi connectivity index (χ3n) is 5.52. The van der Waals surface area contributed by atoms with Crippen molar-refractivity contribution in [3.8, 4) is 22.4 Å². The van der Waals surface area contributed by atoms with Crippen LogP contribution in [0.1, 0.15) is 29.0 Å². The average molecular weight is 507 g/mol. The fourth-order valence-corrected chi connectivity index (χ4v) is 4.64. The lowest BCUT2D eigenvalue weighted by molar-refractivity contribution is -0.136. The molecule has 0 fully saturated rings. The van der Waals surface area contributed by atoms with Gasteiger partial charge in [-0.2, -0.15) is 4.37 Å². The summed E-state index contributed by atoms with van der Waals surface area (Å²) in [5.41, 5.74) is 5.59. The van der Waals surface area contributed by atoms with Gasteiger partial charge in [0.25, 0.3) is 0 Å². The van der Waals surface area contributed by atoms with E-state index in [4.69, 9.17) is 21.4 Å². The highest BCUT2D eigenvalue weighted by atomic mass is 35.5. The van der Waals surface area contributed by atoms with Gasteiger partial charge in [-0.05, 0) is 48.1 Å². The number of carbonyl (C=O) groups is 2. The molecule has 0 spiro atoms. The summed E-state index contributed by atoms with van der Waals surface area (Å²) < 4.78 is 10.1. The number of hydrogen-bond donors (Lipinski definition) is 2. The van der Waals surface area contributed by atoms with Gasteiger partial charge in [0.15, 0.2) is 0 Å². The summed E-state index contributed by atoms with van der Waals surface area (Å²) in [7, 11) is 0. The minimum atomic E-state index is -0.854. The highest BCUT2D eigenvalue weighted by Gasteiger charge is 2.19. The molecule has 0 radical (unpaired) electrons. The van der Waals surface area contributed by atoms with E-state index in [-0.39, 0.29) is 6.42 Å². The second-order valence-electron chi connectivity index (χ2n) is 8.00. The van der Waals surface area contributed by atoms with Crippen molar-refractivity contribution in [2.75, 3.05) is 5.32 Å². The second kappa shape index (κ2) is 10.7. The second-order valence-corrected chi connectivity index (χ2v) is 9.39. The maximum Gasteiger partial charge on any atom is 0.412 e. The molecule has 4 aromatic rings. The summed E-state index contributed by atoms with van der Waals surface area (Å²) in [5, 5.41) is 12.3. The number of carboxylic acid groups (broad SMARTS) is 1. The van der Waals surface area contributed by atoms with Crippen LogP contribution in [0.25, 0.3) is 22.4 Å². The van der Waals surface area contributed by atoms with Gasteiger partial charge in [-0.25, -0.2) is 4.79 Å². The molecule has 0 aliphatic heterocycles. The number of halogens is 1. The predicted molar refractivity (Wildman–Crippen MR) is 139 cm³/mol. The molecular weight excluding hydrogens is 484 g/mol. The maximum atomic E-state index is 12.6. The van der Waals surface area contributed by atoms with Crippen LogP contribution in [-0.4, -0.2) is 21.5 Å². The number of carboxylic acids is 1. The van der Waals surface area contributed by atoms with Crippen LogP contribution in [-0.2, 0) is 16.0 Å². The van der Waals surface area contributed by atoms with Gasteiger partial charge in [-0.1, -0.05) is 78.3 Å². The lowest BCUT2D eigenvalue weighted by Gasteiger charge is -2.16. The van der Waals surface area contributed by atoms with E-state index in [1.165, 1.54) is 11.5 Å². The molecule has 0 unspecified atom stereocenters. The zero-order valence-electron chi connectivity index (χ0n) is 19.1. The van der Waals surface area contributed by atoms with Gasteiger partial charge in [0.1, 0.15) is 11.8 Å². The van der Waals surface area contributed by atoms with Gasteiger partial charge >= 0.3 is 12.1 Å². The molecule has 178 valence electrons. The van der Waals surface area contributed by atoms with E-state index in [2.05, 4.69) is 9.69 Å². The van der Waals surface area contributed by atoms with Crippen molar-refractivity contribution in [1.82, 2.24) is 4.37 Å². The van der Waals surface area contributed by atoms with E-state index >= 15 is 0 Å².